The first-order valence-corrected chi connectivity index (χ1v) is 9.10. The first-order chi connectivity index (χ1) is 12.6. The number of carbonyl (C=O) groups is 1. The van der Waals surface area contributed by atoms with Crippen LogP contribution < -0.4 is 21.5 Å². The van der Waals surface area contributed by atoms with Crippen molar-refractivity contribution in [2.75, 3.05) is 10.6 Å². The largest absolute Gasteiger partial charge is 0.339 e. The Labute approximate surface area is 160 Å². The number of carbonyl (C=O) groups excluding carboxylic acids is 1. The van der Waals surface area contributed by atoms with Crippen LogP contribution in [-0.2, 0) is 0 Å². The van der Waals surface area contributed by atoms with Crippen LogP contribution in [0.2, 0.25) is 0 Å². The van der Waals surface area contributed by atoms with Crippen molar-refractivity contribution in [1.29, 1.82) is 0 Å². The van der Waals surface area contributed by atoms with Crippen LogP contribution >= 0.6 is 23.6 Å². The summed E-state index contributed by atoms with van der Waals surface area (Å²) in [4.78, 5) is 16.3. The van der Waals surface area contributed by atoms with Gasteiger partial charge in [0.1, 0.15) is 0 Å². The standard InChI is InChI=1S/C18H17N5OS2/c1-12-7-9-14(10-8-12)19-17(25)23-22-16(24)21-18-20-15(11-26-18)13-5-3-2-4-6-13/h2-11H,1H3,(H2,19,23,25)(H2,20,21,22,24). The van der Waals surface area contributed by atoms with E-state index >= 15 is 0 Å². The number of urea groups is 1. The molecule has 0 spiro atoms. The van der Waals surface area contributed by atoms with Gasteiger partial charge in [-0.2, -0.15) is 0 Å². The van der Waals surface area contributed by atoms with Gasteiger partial charge in [-0.05, 0) is 31.3 Å². The fourth-order valence-corrected chi connectivity index (χ4v) is 3.00. The van der Waals surface area contributed by atoms with Crippen molar-refractivity contribution in [2.45, 2.75) is 6.92 Å². The number of nitrogens with one attached hydrogen (secondary N) is 4. The maximum absolute atomic E-state index is 12.0. The maximum Gasteiger partial charge on any atom is 0.339 e. The Bertz CT molecular complexity index is 893. The number of amides is 2. The van der Waals surface area contributed by atoms with Gasteiger partial charge in [-0.3, -0.25) is 10.7 Å². The molecule has 0 saturated heterocycles. The molecular weight excluding hydrogens is 366 g/mol. The van der Waals surface area contributed by atoms with Gasteiger partial charge in [-0.25, -0.2) is 15.2 Å². The molecule has 6 nitrogen and oxygen atoms in total. The number of hydrogen-bond donors (Lipinski definition) is 4. The summed E-state index contributed by atoms with van der Waals surface area (Å²) in [6.07, 6.45) is 0. The summed E-state index contributed by atoms with van der Waals surface area (Å²) in [7, 11) is 0. The number of rotatable bonds is 3. The Balaban J connectivity index is 1.47. The monoisotopic (exact) mass is 383 g/mol. The first kappa shape index (κ1) is 17.8. The number of thiocarbonyl (C=S) groups is 1. The lowest BCUT2D eigenvalue weighted by Gasteiger charge is -2.11. The molecule has 0 bridgehead atoms. The number of thiazole rings is 1. The lowest BCUT2D eigenvalue weighted by atomic mass is 10.2. The second-order valence-electron chi connectivity index (χ2n) is 5.43. The SMILES string of the molecule is Cc1ccc(NC(=S)NNC(=O)Nc2nc(-c3ccccc3)cs2)cc1. The average Bonchev–Trinajstić information content (AvgIpc) is 3.11. The molecule has 2 aromatic carbocycles. The van der Waals surface area contributed by atoms with Crippen molar-refractivity contribution in [3.05, 3.63) is 65.5 Å². The van der Waals surface area contributed by atoms with Crippen molar-refractivity contribution in [3.63, 3.8) is 0 Å². The van der Waals surface area contributed by atoms with Gasteiger partial charge in [0.2, 0.25) is 0 Å². The van der Waals surface area contributed by atoms with E-state index < -0.39 is 6.03 Å². The smallest absolute Gasteiger partial charge is 0.331 e. The van der Waals surface area contributed by atoms with Crippen molar-refractivity contribution < 1.29 is 4.79 Å². The Kier molecular flexibility index (Phi) is 5.77. The highest BCUT2D eigenvalue weighted by molar-refractivity contribution is 7.80. The average molecular weight is 384 g/mol. The van der Waals surface area contributed by atoms with E-state index in [1.165, 1.54) is 11.3 Å². The van der Waals surface area contributed by atoms with Gasteiger partial charge in [-0.15, -0.1) is 11.3 Å². The molecule has 0 saturated carbocycles. The predicted molar refractivity (Wildman–Crippen MR) is 110 cm³/mol. The van der Waals surface area contributed by atoms with Crippen LogP contribution in [0.4, 0.5) is 15.6 Å². The number of aromatic nitrogens is 1. The number of benzene rings is 2. The molecule has 0 aliphatic heterocycles. The Morgan fingerprint density at radius 3 is 2.46 bits per heavy atom. The summed E-state index contributed by atoms with van der Waals surface area (Å²) >= 11 is 6.49. The molecule has 2 amide bonds. The first-order valence-electron chi connectivity index (χ1n) is 7.82. The predicted octanol–water partition coefficient (Wildman–Crippen LogP) is 4.14. The highest BCUT2D eigenvalue weighted by Crippen LogP contribution is 2.24. The Hall–Kier alpha value is -2.97. The summed E-state index contributed by atoms with van der Waals surface area (Å²) in [6.45, 7) is 2.01. The van der Waals surface area contributed by atoms with Gasteiger partial charge in [0.05, 0.1) is 5.69 Å². The maximum atomic E-state index is 12.0. The van der Waals surface area contributed by atoms with Gasteiger partial charge in [0.25, 0.3) is 0 Å². The van der Waals surface area contributed by atoms with Crippen LogP contribution in [0.1, 0.15) is 5.56 Å². The molecule has 3 rings (SSSR count). The van der Waals surface area contributed by atoms with E-state index in [1.54, 1.807) is 0 Å². The molecule has 0 radical (unpaired) electrons. The minimum atomic E-state index is -0.452. The number of nitrogens with zero attached hydrogens (tertiary/aromatic N) is 1. The lowest BCUT2D eigenvalue weighted by Crippen LogP contribution is -2.45. The molecule has 0 aliphatic carbocycles. The van der Waals surface area contributed by atoms with E-state index in [1.807, 2.05) is 66.9 Å². The number of anilines is 2. The second kappa shape index (κ2) is 8.41. The fraction of sp³-hybridized carbons (Fsp3) is 0.0556. The highest BCUT2D eigenvalue weighted by Gasteiger charge is 2.08. The summed E-state index contributed by atoms with van der Waals surface area (Å²) in [5.74, 6) is 0. The molecule has 0 unspecified atom stereocenters. The van der Waals surface area contributed by atoms with Crippen molar-refractivity contribution in [2.24, 2.45) is 0 Å². The van der Waals surface area contributed by atoms with Gasteiger partial charge >= 0.3 is 6.03 Å². The second-order valence-corrected chi connectivity index (χ2v) is 6.69. The van der Waals surface area contributed by atoms with E-state index in [0.29, 0.717) is 5.13 Å². The zero-order chi connectivity index (χ0) is 18.4. The van der Waals surface area contributed by atoms with E-state index in [2.05, 4.69) is 26.5 Å². The van der Waals surface area contributed by atoms with Crippen molar-refractivity contribution in [3.8, 4) is 11.3 Å². The van der Waals surface area contributed by atoms with Crippen LogP contribution in [0.25, 0.3) is 11.3 Å². The van der Waals surface area contributed by atoms with Crippen LogP contribution in [0.5, 0.6) is 0 Å². The van der Waals surface area contributed by atoms with Gasteiger partial charge in [-0.1, -0.05) is 48.0 Å². The van der Waals surface area contributed by atoms with Crippen molar-refractivity contribution in [1.82, 2.24) is 15.8 Å². The van der Waals surface area contributed by atoms with Crippen LogP contribution in [-0.4, -0.2) is 16.1 Å². The fourth-order valence-electron chi connectivity index (χ4n) is 2.11. The van der Waals surface area contributed by atoms with E-state index in [9.17, 15) is 4.79 Å². The summed E-state index contributed by atoms with van der Waals surface area (Å²) in [5, 5.41) is 8.32. The Morgan fingerprint density at radius 2 is 1.73 bits per heavy atom. The zero-order valence-electron chi connectivity index (χ0n) is 13.9. The van der Waals surface area contributed by atoms with E-state index in [-0.39, 0.29) is 5.11 Å². The molecular formula is C18H17N5OS2. The Morgan fingerprint density at radius 1 is 1.00 bits per heavy atom. The third kappa shape index (κ3) is 5.01. The molecule has 0 atom stereocenters. The minimum Gasteiger partial charge on any atom is -0.331 e. The van der Waals surface area contributed by atoms with Crippen LogP contribution in [0.15, 0.2) is 60.0 Å². The summed E-state index contributed by atoms with van der Waals surface area (Å²) in [6, 6.07) is 17.1. The molecule has 4 N–H and O–H groups in total. The van der Waals surface area contributed by atoms with E-state index in [4.69, 9.17) is 12.2 Å². The molecule has 8 heteroatoms. The van der Waals surface area contributed by atoms with Crippen LogP contribution in [0, 0.1) is 6.92 Å². The van der Waals surface area contributed by atoms with Gasteiger partial charge in [0, 0.05) is 16.6 Å². The molecule has 1 heterocycles. The topological polar surface area (TPSA) is 78.1 Å². The number of aryl methyl sites for hydroxylation is 1. The molecule has 26 heavy (non-hydrogen) atoms. The van der Waals surface area contributed by atoms with E-state index in [0.717, 1.165) is 22.5 Å². The molecule has 0 aliphatic rings. The van der Waals surface area contributed by atoms with Gasteiger partial charge < -0.3 is 5.32 Å². The number of hydrazine groups is 1. The van der Waals surface area contributed by atoms with Crippen molar-refractivity contribution >= 4 is 45.5 Å². The van der Waals surface area contributed by atoms with Gasteiger partial charge in [0.15, 0.2) is 10.2 Å². The third-order valence-corrected chi connectivity index (χ3v) is 4.36. The normalized spacial score (nSPS) is 10.0. The lowest BCUT2D eigenvalue weighted by molar-refractivity contribution is 0.250. The zero-order valence-corrected chi connectivity index (χ0v) is 15.6. The molecule has 132 valence electrons. The highest BCUT2D eigenvalue weighted by atomic mass is 32.1. The number of hydrogen-bond acceptors (Lipinski definition) is 4. The quantitative estimate of drug-likeness (QED) is 0.404. The van der Waals surface area contributed by atoms with Crippen LogP contribution in [0.3, 0.4) is 0 Å². The summed E-state index contributed by atoms with van der Waals surface area (Å²) < 4.78 is 0. The summed E-state index contributed by atoms with van der Waals surface area (Å²) in [5.41, 5.74) is 8.92. The third-order valence-electron chi connectivity index (χ3n) is 3.39. The molecule has 0 fully saturated rings. The molecule has 1 aromatic heterocycles. The molecule has 3 aromatic rings. The minimum absolute atomic E-state index is 0.285.